The van der Waals surface area contributed by atoms with Crippen LogP contribution in [0.25, 0.3) is 0 Å². The molecular weight excluding hydrogens is 336 g/mol. The van der Waals surface area contributed by atoms with Crippen molar-refractivity contribution in [2.24, 2.45) is 10.2 Å². The molecule has 0 bridgehead atoms. The molecule has 0 saturated heterocycles. The van der Waals surface area contributed by atoms with Crippen molar-refractivity contribution in [3.63, 3.8) is 0 Å². The molecule has 0 radical (unpaired) electrons. The average Bonchev–Trinajstić information content (AvgIpc) is 2.70. The number of para-hydroxylation sites is 2. The van der Waals surface area contributed by atoms with Crippen molar-refractivity contribution in [2.45, 2.75) is 18.3 Å². The molecule has 0 aliphatic heterocycles. The minimum atomic E-state index is -1.63. The summed E-state index contributed by atoms with van der Waals surface area (Å²) in [6.45, 7) is -0.697. The van der Waals surface area contributed by atoms with E-state index < -0.39 is 24.9 Å². The minimum Gasteiger partial charge on any atom is -0.394 e. The van der Waals surface area contributed by atoms with E-state index in [0.717, 1.165) is 5.69 Å². The summed E-state index contributed by atoms with van der Waals surface area (Å²) in [5.74, 6) is 0. The third-order valence-corrected chi connectivity index (χ3v) is 3.46. The number of nitrogens with zero attached hydrogens (tertiary/aromatic N) is 2. The van der Waals surface area contributed by atoms with Gasteiger partial charge in [0.25, 0.3) is 0 Å². The van der Waals surface area contributed by atoms with Crippen molar-refractivity contribution in [2.75, 3.05) is 17.5 Å². The molecule has 0 saturated carbocycles. The van der Waals surface area contributed by atoms with Gasteiger partial charge in [-0.05, 0) is 24.3 Å². The topological polar surface area (TPSA) is 130 Å². The highest BCUT2D eigenvalue weighted by Gasteiger charge is 2.27. The SMILES string of the molecule is OC[C@@H](O)[C@H](O)[C@@H](O)C(/C=N/Nc1ccccc1)=N/Nc1ccccc1. The van der Waals surface area contributed by atoms with Gasteiger partial charge in [0.2, 0.25) is 0 Å². The maximum atomic E-state index is 10.2. The van der Waals surface area contributed by atoms with Crippen LogP contribution in [0.15, 0.2) is 70.9 Å². The second-order valence-electron chi connectivity index (χ2n) is 5.44. The van der Waals surface area contributed by atoms with E-state index in [4.69, 9.17) is 5.11 Å². The van der Waals surface area contributed by atoms with Crippen LogP contribution in [0, 0.1) is 0 Å². The first-order chi connectivity index (χ1) is 12.6. The predicted octanol–water partition coefficient (Wildman–Crippen LogP) is 0.627. The van der Waals surface area contributed by atoms with E-state index in [2.05, 4.69) is 21.1 Å². The van der Waals surface area contributed by atoms with Crippen LogP contribution in [-0.2, 0) is 0 Å². The number of nitrogens with one attached hydrogen (secondary N) is 2. The first kappa shape index (κ1) is 19.5. The van der Waals surface area contributed by atoms with E-state index >= 15 is 0 Å². The molecule has 6 N–H and O–H groups in total. The van der Waals surface area contributed by atoms with Crippen molar-refractivity contribution in [1.82, 2.24) is 0 Å². The number of hydrogen-bond donors (Lipinski definition) is 6. The molecule has 0 amide bonds. The molecule has 138 valence electrons. The standard InChI is InChI=1S/C18H22N4O4/c23-12-16(24)18(26)17(25)15(22-21-14-9-5-2-6-10-14)11-19-20-13-7-3-1-4-8-13/h1-11,16-18,20-21,23-26H,12H2/b19-11+,22-15+/t16-,17+,18+/m1/s1. The van der Waals surface area contributed by atoms with Crippen molar-refractivity contribution in [3.8, 4) is 0 Å². The smallest absolute Gasteiger partial charge is 0.128 e. The number of hydrazone groups is 2. The highest BCUT2D eigenvalue weighted by molar-refractivity contribution is 6.33. The Hall–Kier alpha value is -2.78. The number of anilines is 2. The van der Waals surface area contributed by atoms with Gasteiger partial charge in [0.15, 0.2) is 0 Å². The largest absolute Gasteiger partial charge is 0.394 e. The third kappa shape index (κ3) is 5.94. The second-order valence-corrected chi connectivity index (χ2v) is 5.44. The van der Waals surface area contributed by atoms with E-state index in [-0.39, 0.29) is 5.71 Å². The predicted molar refractivity (Wildman–Crippen MR) is 101 cm³/mol. The summed E-state index contributed by atoms with van der Waals surface area (Å²) in [6.07, 6.45) is -3.47. The van der Waals surface area contributed by atoms with Crippen LogP contribution in [0.4, 0.5) is 11.4 Å². The zero-order valence-electron chi connectivity index (χ0n) is 14.0. The van der Waals surface area contributed by atoms with Gasteiger partial charge < -0.3 is 20.4 Å². The third-order valence-electron chi connectivity index (χ3n) is 3.46. The molecular formula is C18H22N4O4. The molecule has 0 heterocycles. The van der Waals surface area contributed by atoms with E-state index in [9.17, 15) is 15.3 Å². The Labute approximate surface area is 151 Å². The zero-order chi connectivity index (χ0) is 18.8. The van der Waals surface area contributed by atoms with Gasteiger partial charge in [0.1, 0.15) is 24.0 Å². The summed E-state index contributed by atoms with van der Waals surface area (Å²) >= 11 is 0. The minimum absolute atomic E-state index is 0.0303. The van der Waals surface area contributed by atoms with Crippen LogP contribution in [0.5, 0.6) is 0 Å². The monoisotopic (exact) mass is 358 g/mol. The Morgan fingerprint density at radius 3 is 1.96 bits per heavy atom. The van der Waals surface area contributed by atoms with Crippen molar-refractivity contribution in [3.05, 3.63) is 60.7 Å². The Morgan fingerprint density at radius 2 is 1.42 bits per heavy atom. The lowest BCUT2D eigenvalue weighted by atomic mass is 10.0. The molecule has 0 aliphatic rings. The normalized spacial score (nSPS) is 15.5. The lowest BCUT2D eigenvalue weighted by Crippen LogP contribution is -2.44. The Morgan fingerprint density at radius 1 is 0.885 bits per heavy atom. The van der Waals surface area contributed by atoms with Crippen LogP contribution in [0.3, 0.4) is 0 Å². The van der Waals surface area contributed by atoms with Crippen molar-refractivity contribution >= 4 is 23.3 Å². The number of aliphatic hydroxyl groups is 4. The maximum absolute atomic E-state index is 10.2. The van der Waals surface area contributed by atoms with Crippen LogP contribution < -0.4 is 10.9 Å². The van der Waals surface area contributed by atoms with Gasteiger partial charge in [0, 0.05) is 0 Å². The number of hydrogen-bond acceptors (Lipinski definition) is 8. The maximum Gasteiger partial charge on any atom is 0.128 e. The molecule has 0 fully saturated rings. The summed E-state index contributed by atoms with van der Waals surface area (Å²) in [5.41, 5.74) is 6.87. The van der Waals surface area contributed by atoms with Gasteiger partial charge >= 0.3 is 0 Å². The van der Waals surface area contributed by atoms with E-state index in [1.165, 1.54) is 6.21 Å². The first-order valence-electron chi connectivity index (χ1n) is 7.99. The van der Waals surface area contributed by atoms with Gasteiger partial charge in [-0.2, -0.15) is 10.2 Å². The van der Waals surface area contributed by atoms with E-state index in [1.807, 2.05) is 36.4 Å². The summed E-state index contributed by atoms with van der Waals surface area (Å²) in [5, 5.41) is 46.7. The highest BCUT2D eigenvalue weighted by atomic mass is 16.4. The molecule has 8 nitrogen and oxygen atoms in total. The van der Waals surface area contributed by atoms with Gasteiger partial charge in [-0.25, -0.2) is 0 Å². The Balaban J connectivity index is 2.14. The van der Waals surface area contributed by atoms with Gasteiger partial charge in [-0.1, -0.05) is 36.4 Å². The number of benzene rings is 2. The second kappa shape index (κ2) is 10.3. The summed E-state index contributed by atoms with van der Waals surface area (Å²) in [4.78, 5) is 0. The molecule has 2 aromatic rings. The van der Waals surface area contributed by atoms with Crippen LogP contribution in [0.1, 0.15) is 0 Å². The molecule has 3 atom stereocenters. The molecule has 8 heteroatoms. The fourth-order valence-electron chi connectivity index (χ4n) is 1.99. The average molecular weight is 358 g/mol. The molecule has 26 heavy (non-hydrogen) atoms. The number of rotatable bonds is 9. The van der Waals surface area contributed by atoms with Gasteiger partial charge in [-0.3, -0.25) is 10.9 Å². The summed E-state index contributed by atoms with van der Waals surface area (Å²) < 4.78 is 0. The Bertz CT molecular complexity index is 710. The van der Waals surface area contributed by atoms with Gasteiger partial charge in [-0.15, -0.1) is 0 Å². The first-order valence-corrected chi connectivity index (χ1v) is 7.99. The Kier molecular flexibility index (Phi) is 7.72. The molecule has 2 rings (SSSR count). The summed E-state index contributed by atoms with van der Waals surface area (Å²) in [7, 11) is 0. The lowest BCUT2D eigenvalue weighted by molar-refractivity contribution is -0.0548. The number of aliphatic hydroxyl groups excluding tert-OH is 4. The lowest BCUT2D eigenvalue weighted by Gasteiger charge is -2.21. The molecule has 2 aromatic carbocycles. The molecule has 0 aliphatic carbocycles. The van der Waals surface area contributed by atoms with Gasteiger partial charge in [0.05, 0.1) is 24.2 Å². The van der Waals surface area contributed by atoms with Crippen molar-refractivity contribution in [1.29, 1.82) is 0 Å². The highest BCUT2D eigenvalue weighted by Crippen LogP contribution is 2.08. The van der Waals surface area contributed by atoms with E-state index in [0.29, 0.717) is 5.69 Å². The molecule has 0 spiro atoms. The van der Waals surface area contributed by atoms with Crippen LogP contribution in [0.2, 0.25) is 0 Å². The van der Waals surface area contributed by atoms with Crippen LogP contribution >= 0.6 is 0 Å². The molecule has 0 unspecified atom stereocenters. The summed E-state index contributed by atoms with van der Waals surface area (Å²) in [6, 6.07) is 18.1. The fourth-order valence-corrected chi connectivity index (χ4v) is 1.99. The van der Waals surface area contributed by atoms with Crippen molar-refractivity contribution < 1.29 is 20.4 Å². The zero-order valence-corrected chi connectivity index (χ0v) is 14.0. The molecule has 0 aromatic heterocycles. The fraction of sp³-hybridized carbons (Fsp3) is 0.222. The van der Waals surface area contributed by atoms with E-state index in [1.54, 1.807) is 24.3 Å². The quantitative estimate of drug-likeness (QED) is 0.288. The van der Waals surface area contributed by atoms with Crippen LogP contribution in [-0.4, -0.2) is 57.3 Å².